The van der Waals surface area contributed by atoms with Crippen LogP contribution in [0.25, 0.3) is 0 Å². The zero-order valence-corrected chi connectivity index (χ0v) is 17.7. The van der Waals surface area contributed by atoms with E-state index in [1.807, 2.05) is 54.8 Å². The number of amides is 2. The van der Waals surface area contributed by atoms with Gasteiger partial charge in [0.15, 0.2) is 0 Å². The molecule has 1 aliphatic rings. The van der Waals surface area contributed by atoms with Crippen molar-refractivity contribution in [3.63, 3.8) is 0 Å². The molecule has 154 valence electrons. The van der Waals surface area contributed by atoms with Crippen molar-refractivity contribution in [2.75, 3.05) is 12.0 Å². The second kappa shape index (κ2) is 8.67. The summed E-state index contributed by atoms with van der Waals surface area (Å²) in [6, 6.07) is 15.1. The molecular formula is C23H23N3O3S. The highest BCUT2D eigenvalue weighted by molar-refractivity contribution is 7.10. The number of ether oxygens (including phenoxy) is 1. The van der Waals surface area contributed by atoms with Crippen LogP contribution < -0.4 is 15.0 Å². The Bertz CT molecular complexity index is 1030. The molecular weight excluding hydrogens is 398 g/mol. The summed E-state index contributed by atoms with van der Waals surface area (Å²) in [5, 5.41) is 4.95. The molecule has 30 heavy (non-hydrogen) atoms. The van der Waals surface area contributed by atoms with Crippen LogP contribution in [0, 0.1) is 12.8 Å². The molecule has 0 aliphatic carbocycles. The highest BCUT2D eigenvalue weighted by atomic mass is 32.1. The fraction of sp³-hybridized carbons (Fsp3) is 0.261. The number of pyridine rings is 1. The number of thiophene rings is 1. The fourth-order valence-electron chi connectivity index (χ4n) is 3.82. The van der Waals surface area contributed by atoms with Gasteiger partial charge in [0.1, 0.15) is 0 Å². The number of rotatable bonds is 6. The largest absolute Gasteiger partial charge is 0.481 e. The first-order valence-corrected chi connectivity index (χ1v) is 10.6. The van der Waals surface area contributed by atoms with Crippen LogP contribution >= 0.6 is 11.3 Å². The molecule has 1 N–H and O–H groups in total. The van der Waals surface area contributed by atoms with E-state index in [2.05, 4.69) is 10.3 Å². The Balaban J connectivity index is 1.59. The molecule has 1 aliphatic heterocycles. The number of hydrogen-bond acceptors (Lipinski definition) is 5. The Hall–Kier alpha value is -3.19. The summed E-state index contributed by atoms with van der Waals surface area (Å²) in [6.45, 7) is 2.30. The van der Waals surface area contributed by atoms with Crippen molar-refractivity contribution >= 4 is 28.8 Å². The Morgan fingerprint density at radius 1 is 1.23 bits per heavy atom. The molecule has 7 heteroatoms. The van der Waals surface area contributed by atoms with Crippen LogP contribution in [0.15, 0.2) is 60.1 Å². The first-order valence-electron chi connectivity index (χ1n) is 9.76. The fourth-order valence-corrected chi connectivity index (χ4v) is 4.70. The number of anilines is 1. The molecule has 0 spiro atoms. The van der Waals surface area contributed by atoms with Crippen molar-refractivity contribution in [3.05, 3.63) is 76.1 Å². The summed E-state index contributed by atoms with van der Waals surface area (Å²) in [6.07, 6.45) is 1.82. The summed E-state index contributed by atoms with van der Waals surface area (Å²) in [7, 11) is 1.55. The van der Waals surface area contributed by atoms with Gasteiger partial charge in [0.05, 0.1) is 19.1 Å². The molecule has 0 bridgehead atoms. The van der Waals surface area contributed by atoms with E-state index in [4.69, 9.17) is 4.74 Å². The van der Waals surface area contributed by atoms with E-state index in [0.717, 1.165) is 21.7 Å². The van der Waals surface area contributed by atoms with Crippen LogP contribution in [-0.2, 0) is 16.1 Å². The molecule has 1 aromatic carbocycles. The summed E-state index contributed by atoms with van der Waals surface area (Å²) in [4.78, 5) is 33.1. The van der Waals surface area contributed by atoms with E-state index in [-0.39, 0.29) is 24.3 Å². The lowest BCUT2D eigenvalue weighted by molar-refractivity contribution is -0.126. The Labute approximate surface area is 179 Å². The smallest absolute Gasteiger partial charge is 0.228 e. The van der Waals surface area contributed by atoms with Crippen molar-refractivity contribution in [1.29, 1.82) is 0 Å². The molecule has 1 fully saturated rings. The zero-order chi connectivity index (χ0) is 21.1. The van der Waals surface area contributed by atoms with Crippen LogP contribution in [0.3, 0.4) is 0 Å². The molecule has 4 rings (SSSR count). The number of hydrogen-bond donors (Lipinski definition) is 1. The lowest BCUT2D eigenvalue weighted by Crippen LogP contribution is -2.35. The van der Waals surface area contributed by atoms with Crippen molar-refractivity contribution in [3.8, 4) is 5.88 Å². The number of carbonyl (C=O) groups excluding carboxylic acids is 2. The van der Waals surface area contributed by atoms with Gasteiger partial charge in [-0.2, -0.15) is 0 Å². The van der Waals surface area contributed by atoms with E-state index in [1.165, 1.54) is 0 Å². The third kappa shape index (κ3) is 3.93. The minimum absolute atomic E-state index is 0.0450. The lowest BCUT2D eigenvalue weighted by atomic mass is 9.97. The van der Waals surface area contributed by atoms with Crippen LogP contribution in [0.4, 0.5) is 5.69 Å². The van der Waals surface area contributed by atoms with Gasteiger partial charge >= 0.3 is 0 Å². The number of aromatic nitrogens is 1. The van der Waals surface area contributed by atoms with Crippen molar-refractivity contribution < 1.29 is 14.3 Å². The van der Waals surface area contributed by atoms with E-state index < -0.39 is 5.92 Å². The number of carbonyl (C=O) groups is 2. The SMILES string of the molecule is COc1ncccc1CNC(=O)[C@@H]1CC(=O)N(c2ccc(C)cc2)[C@@H]1c1cccs1. The highest BCUT2D eigenvalue weighted by Crippen LogP contribution is 2.43. The second-order valence-corrected chi connectivity index (χ2v) is 8.24. The topological polar surface area (TPSA) is 71.5 Å². The Kier molecular flexibility index (Phi) is 5.81. The number of methoxy groups -OCH3 is 1. The standard InChI is InChI=1S/C23H23N3O3S/c1-15-7-9-17(10-8-15)26-20(27)13-18(21(26)19-6-4-12-30-19)22(28)25-14-16-5-3-11-24-23(16)29-2/h3-12,18,21H,13-14H2,1-2H3,(H,25,28)/t18-,21+/m1/s1. The number of nitrogens with one attached hydrogen (secondary N) is 1. The molecule has 6 nitrogen and oxygen atoms in total. The van der Waals surface area contributed by atoms with Gasteiger partial charge in [-0.25, -0.2) is 4.98 Å². The maximum Gasteiger partial charge on any atom is 0.228 e. The van der Waals surface area contributed by atoms with Gasteiger partial charge < -0.3 is 15.0 Å². The van der Waals surface area contributed by atoms with Crippen LogP contribution in [0.1, 0.15) is 28.5 Å². The van der Waals surface area contributed by atoms with Crippen molar-refractivity contribution in [1.82, 2.24) is 10.3 Å². The molecule has 2 aromatic heterocycles. The third-order valence-electron chi connectivity index (χ3n) is 5.30. The molecule has 0 radical (unpaired) electrons. The van der Waals surface area contributed by atoms with Gasteiger partial charge in [0.25, 0.3) is 0 Å². The number of nitrogens with zero attached hydrogens (tertiary/aromatic N) is 2. The monoisotopic (exact) mass is 421 g/mol. The Morgan fingerprint density at radius 3 is 2.73 bits per heavy atom. The maximum atomic E-state index is 13.2. The van der Waals surface area contributed by atoms with Gasteiger partial charge in [-0.15, -0.1) is 11.3 Å². The molecule has 0 saturated carbocycles. The quantitative estimate of drug-likeness (QED) is 0.656. The van der Waals surface area contributed by atoms with E-state index in [9.17, 15) is 9.59 Å². The van der Waals surface area contributed by atoms with Crippen LogP contribution in [0.2, 0.25) is 0 Å². The van der Waals surface area contributed by atoms with E-state index in [0.29, 0.717) is 12.4 Å². The first-order chi connectivity index (χ1) is 14.6. The lowest BCUT2D eigenvalue weighted by Gasteiger charge is -2.27. The first kappa shape index (κ1) is 20.1. The number of aryl methyl sites for hydroxylation is 1. The normalized spacial score (nSPS) is 18.5. The van der Waals surface area contributed by atoms with E-state index in [1.54, 1.807) is 35.6 Å². The van der Waals surface area contributed by atoms with Gasteiger partial charge in [-0.1, -0.05) is 29.8 Å². The highest BCUT2D eigenvalue weighted by Gasteiger charge is 2.45. The van der Waals surface area contributed by atoms with Gasteiger partial charge in [0.2, 0.25) is 17.7 Å². The molecule has 2 amide bonds. The van der Waals surface area contributed by atoms with Crippen LogP contribution in [-0.4, -0.2) is 23.9 Å². The molecule has 2 atom stereocenters. The summed E-state index contributed by atoms with van der Waals surface area (Å²) in [5.41, 5.74) is 2.73. The van der Waals surface area contributed by atoms with Gasteiger partial charge in [-0.05, 0) is 36.6 Å². The Morgan fingerprint density at radius 2 is 2.03 bits per heavy atom. The zero-order valence-electron chi connectivity index (χ0n) is 16.9. The van der Waals surface area contributed by atoms with Crippen molar-refractivity contribution in [2.45, 2.75) is 25.9 Å². The summed E-state index contributed by atoms with van der Waals surface area (Å²) >= 11 is 1.56. The minimum Gasteiger partial charge on any atom is -0.481 e. The summed E-state index contributed by atoms with van der Waals surface area (Å²) < 4.78 is 5.26. The second-order valence-electron chi connectivity index (χ2n) is 7.26. The minimum atomic E-state index is -0.472. The van der Waals surface area contributed by atoms with Gasteiger partial charge in [0, 0.05) is 35.3 Å². The van der Waals surface area contributed by atoms with Crippen molar-refractivity contribution in [2.24, 2.45) is 5.92 Å². The summed E-state index contributed by atoms with van der Waals surface area (Å²) in [5.74, 6) is -0.185. The average Bonchev–Trinajstić information content (AvgIpc) is 3.40. The predicted molar refractivity (Wildman–Crippen MR) is 116 cm³/mol. The maximum absolute atomic E-state index is 13.2. The third-order valence-corrected chi connectivity index (χ3v) is 6.25. The molecule has 3 heterocycles. The number of benzene rings is 1. The van der Waals surface area contributed by atoms with E-state index >= 15 is 0 Å². The molecule has 3 aromatic rings. The van der Waals surface area contributed by atoms with Gasteiger partial charge in [-0.3, -0.25) is 9.59 Å². The average molecular weight is 422 g/mol. The molecule has 1 saturated heterocycles. The van der Waals surface area contributed by atoms with Crippen LogP contribution in [0.5, 0.6) is 5.88 Å². The molecule has 0 unspecified atom stereocenters. The predicted octanol–water partition coefficient (Wildman–Crippen LogP) is 3.87.